The average molecular weight is 793 g/mol. The number of benzene rings is 10. The number of hydrogen-bond acceptors (Lipinski definition) is 2. The highest BCUT2D eigenvalue weighted by Crippen LogP contribution is 2.41. The highest BCUT2D eigenvalue weighted by atomic mass is 15.2. The fourth-order valence-electron chi connectivity index (χ4n) is 10.2. The topological polar surface area (TPSA) is 33.9 Å². The minimum atomic E-state index is -0.145. The molecule has 0 fully saturated rings. The second-order valence-corrected chi connectivity index (χ2v) is 16.6. The SMILES string of the molecule is C1=C(c2ccc(-n3c4ccc5ccccc5c4c4c5ccccc5ccc43)cc2)NC(c2ccc3c(c2)c2ccccc2n3-c2ccccc2)NC1c1ccc2ccccc2c1. The first-order chi connectivity index (χ1) is 30.7. The van der Waals surface area contributed by atoms with Crippen LogP contribution in [0.4, 0.5) is 0 Å². The maximum absolute atomic E-state index is 4.01. The van der Waals surface area contributed by atoms with E-state index < -0.39 is 0 Å². The number of para-hydroxylation sites is 2. The van der Waals surface area contributed by atoms with Gasteiger partial charge >= 0.3 is 0 Å². The van der Waals surface area contributed by atoms with Crippen LogP contribution in [0.15, 0.2) is 218 Å². The smallest absolute Gasteiger partial charge is 0.104 e. The Morgan fingerprint density at radius 3 is 1.61 bits per heavy atom. The highest BCUT2D eigenvalue weighted by molar-refractivity contribution is 6.28. The van der Waals surface area contributed by atoms with Gasteiger partial charge in [0.15, 0.2) is 0 Å². The zero-order valence-corrected chi connectivity index (χ0v) is 33.8. The second kappa shape index (κ2) is 13.8. The molecule has 2 N–H and O–H groups in total. The lowest BCUT2D eigenvalue weighted by Gasteiger charge is -2.33. The molecule has 12 aromatic rings. The summed E-state index contributed by atoms with van der Waals surface area (Å²) in [5.41, 5.74) is 11.8. The van der Waals surface area contributed by atoms with Crippen molar-refractivity contribution >= 4 is 81.6 Å². The number of nitrogens with zero attached hydrogens (tertiary/aromatic N) is 2. The number of fused-ring (bicyclic) bond motifs is 11. The van der Waals surface area contributed by atoms with Crippen LogP contribution in [0.5, 0.6) is 0 Å². The van der Waals surface area contributed by atoms with Crippen molar-refractivity contribution in [3.05, 3.63) is 235 Å². The Balaban J connectivity index is 0.943. The molecule has 0 aliphatic carbocycles. The van der Waals surface area contributed by atoms with E-state index in [1.54, 1.807) is 0 Å². The third kappa shape index (κ3) is 5.44. The molecule has 3 heterocycles. The predicted octanol–water partition coefficient (Wildman–Crippen LogP) is 14.3. The Morgan fingerprint density at radius 2 is 0.887 bits per heavy atom. The molecular weight excluding hydrogens is 753 g/mol. The second-order valence-electron chi connectivity index (χ2n) is 16.6. The normalized spacial score (nSPS) is 15.6. The van der Waals surface area contributed by atoms with Crippen molar-refractivity contribution in [3.63, 3.8) is 0 Å². The molecule has 1 aliphatic heterocycles. The summed E-state index contributed by atoms with van der Waals surface area (Å²) in [6.45, 7) is 0. The van der Waals surface area contributed by atoms with E-state index in [9.17, 15) is 0 Å². The van der Waals surface area contributed by atoms with Crippen LogP contribution < -0.4 is 10.6 Å². The fourth-order valence-corrected chi connectivity index (χ4v) is 10.2. The molecule has 2 aromatic heterocycles. The summed E-state index contributed by atoms with van der Waals surface area (Å²) in [6.07, 6.45) is 2.21. The minimum absolute atomic E-state index is 0.0270. The molecule has 0 bridgehead atoms. The first kappa shape index (κ1) is 34.9. The van der Waals surface area contributed by atoms with Gasteiger partial charge in [-0.2, -0.15) is 0 Å². The van der Waals surface area contributed by atoms with E-state index in [-0.39, 0.29) is 12.2 Å². The zero-order valence-electron chi connectivity index (χ0n) is 33.8. The minimum Gasteiger partial charge on any atom is -0.366 e. The third-order valence-corrected chi connectivity index (χ3v) is 13.1. The Bertz CT molecular complexity index is 3670. The lowest BCUT2D eigenvalue weighted by atomic mass is 9.96. The molecule has 4 nitrogen and oxygen atoms in total. The summed E-state index contributed by atoms with van der Waals surface area (Å²) in [6, 6.07) is 77.6. The highest BCUT2D eigenvalue weighted by Gasteiger charge is 2.26. The van der Waals surface area contributed by atoms with Gasteiger partial charge in [0.2, 0.25) is 0 Å². The van der Waals surface area contributed by atoms with Crippen LogP contribution in [-0.4, -0.2) is 9.13 Å². The fraction of sp³-hybridized carbons (Fsp3) is 0.0345. The third-order valence-electron chi connectivity index (χ3n) is 13.1. The Morgan fingerprint density at radius 1 is 0.355 bits per heavy atom. The number of hydrogen-bond donors (Lipinski definition) is 2. The maximum atomic E-state index is 4.01. The quantitative estimate of drug-likeness (QED) is 0.182. The van der Waals surface area contributed by atoms with Gasteiger partial charge in [0, 0.05) is 38.6 Å². The summed E-state index contributed by atoms with van der Waals surface area (Å²) >= 11 is 0. The Labute approximate surface area is 358 Å². The molecule has 292 valence electrons. The van der Waals surface area contributed by atoms with Gasteiger partial charge in [0.1, 0.15) is 6.17 Å². The monoisotopic (exact) mass is 792 g/mol. The van der Waals surface area contributed by atoms with E-state index in [4.69, 9.17) is 0 Å². The lowest BCUT2D eigenvalue weighted by Crippen LogP contribution is -2.39. The van der Waals surface area contributed by atoms with Crippen LogP contribution in [0.1, 0.15) is 28.9 Å². The Hall–Kier alpha value is -7.92. The van der Waals surface area contributed by atoms with Crippen molar-refractivity contribution < 1.29 is 0 Å². The van der Waals surface area contributed by atoms with E-state index in [2.05, 4.69) is 238 Å². The summed E-state index contributed by atoms with van der Waals surface area (Å²) in [5, 5.41) is 20.6. The molecule has 1 aliphatic rings. The summed E-state index contributed by atoms with van der Waals surface area (Å²) in [7, 11) is 0. The van der Waals surface area contributed by atoms with E-state index in [1.165, 1.54) is 87.1 Å². The van der Waals surface area contributed by atoms with Crippen molar-refractivity contribution in [2.45, 2.75) is 12.2 Å². The number of nitrogens with one attached hydrogen (secondary N) is 2. The van der Waals surface area contributed by atoms with Crippen LogP contribution >= 0.6 is 0 Å². The average Bonchev–Trinajstić information content (AvgIpc) is 3.87. The first-order valence-electron chi connectivity index (χ1n) is 21.5. The largest absolute Gasteiger partial charge is 0.366 e. The molecule has 13 rings (SSSR count). The van der Waals surface area contributed by atoms with E-state index >= 15 is 0 Å². The lowest BCUT2D eigenvalue weighted by molar-refractivity contribution is 0.443. The summed E-state index contributed by atoms with van der Waals surface area (Å²) in [5.74, 6) is 0. The van der Waals surface area contributed by atoms with Crippen molar-refractivity contribution in [3.8, 4) is 11.4 Å². The molecule has 0 amide bonds. The van der Waals surface area contributed by atoms with Crippen LogP contribution in [0.3, 0.4) is 0 Å². The molecular formula is C58H40N4. The predicted molar refractivity (Wildman–Crippen MR) is 260 cm³/mol. The number of aromatic nitrogens is 2. The molecule has 62 heavy (non-hydrogen) atoms. The van der Waals surface area contributed by atoms with Gasteiger partial charge in [-0.15, -0.1) is 0 Å². The van der Waals surface area contributed by atoms with Gasteiger partial charge < -0.3 is 14.5 Å². The number of rotatable bonds is 5. The van der Waals surface area contributed by atoms with Crippen molar-refractivity contribution in [1.82, 2.24) is 19.8 Å². The van der Waals surface area contributed by atoms with Crippen molar-refractivity contribution in [1.29, 1.82) is 0 Å². The molecule has 4 heteroatoms. The van der Waals surface area contributed by atoms with Gasteiger partial charge in [-0.25, -0.2) is 0 Å². The molecule has 0 saturated carbocycles. The van der Waals surface area contributed by atoms with Crippen molar-refractivity contribution in [2.75, 3.05) is 0 Å². The van der Waals surface area contributed by atoms with E-state index in [0.29, 0.717) is 0 Å². The molecule has 2 atom stereocenters. The Kier molecular flexibility index (Phi) is 7.78. The van der Waals surface area contributed by atoms with E-state index in [0.717, 1.165) is 22.6 Å². The molecule has 10 aromatic carbocycles. The van der Waals surface area contributed by atoms with Crippen LogP contribution in [-0.2, 0) is 0 Å². The first-order valence-corrected chi connectivity index (χ1v) is 21.5. The van der Waals surface area contributed by atoms with E-state index in [1.807, 2.05) is 0 Å². The van der Waals surface area contributed by atoms with Gasteiger partial charge in [0.05, 0.1) is 28.1 Å². The van der Waals surface area contributed by atoms with Gasteiger partial charge in [-0.3, -0.25) is 5.32 Å². The molecule has 2 unspecified atom stereocenters. The molecule has 0 saturated heterocycles. The van der Waals surface area contributed by atoms with Crippen LogP contribution in [0.25, 0.3) is 93.0 Å². The van der Waals surface area contributed by atoms with Gasteiger partial charge in [-0.05, 0) is 116 Å². The van der Waals surface area contributed by atoms with Gasteiger partial charge in [0.25, 0.3) is 0 Å². The maximum Gasteiger partial charge on any atom is 0.104 e. The molecule has 0 spiro atoms. The zero-order chi connectivity index (χ0) is 40.7. The van der Waals surface area contributed by atoms with Crippen LogP contribution in [0, 0.1) is 0 Å². The molecule has 0 radical (unpaired) electrons. The van der Waals surface area contributed by atoms with Gasteiger partial charge in [-0.1, -0.05) is 152 Å². The summed E-state index contributed by atoms with van der Waals surface area (Å²) in [4.78, 5) is 0. The standard InChI is InChI=1S/C58H40N4/c1-2-16-44(17-3-1)61-52-21-11-10-20-48(52)49-35-43(28-31-53(49)61)58-59-50(36-51(60-58)42-23-22-37-12-4-5-15-41(37)34-42)40-24-29-45(30-25-40)62-54-32-26-38-13-6-8-18-46(38)56(54)57-47-19-9-7-14-39(47)27-33-55(57)62/h1-36,51,58-60H. The van der Waals surface area contributed by atoms with Crippen molar-refractivity contribution in [2.24, 2.45) is 0 Å². The summed E-state index contributed by atoms with van der Waals surface area (Å²) < 4.78 is 4.82. The van der Waals surface area contributed by atoms with Crippen LogP contribution in [0.2, 0.25) is 0 Å².